The Hall–Kier alpha value is -0.500. The molecule has 0 amide bonds. The number of hydrogen-bond acceptors (Lipinski definition) is 4. The van der Waals surface area contributed by atoms with Crippen LogP contribution in [0.2, 0.25) is 0 Å². The first-order valence-electron chi connectivity index (χ1n) is 8.70. The van der Waals surface area contributed by atoms with Gasteiger partial charge < -0.3 is 4.90 Å². The fraction of sp³-hybridized carbons (Fsp3) is 0.667. The molecular weight excluding hydrogens is 436 g/mol. The van der Waals surface area contributed by atoms with E-state index in [1.807, 2.05) is 22.6 Å². The summed E-state index contributed by atoms with van der Waals surface area (Å²) in [5, 5.41) is 1.10. The number of anilines is 1. The van der Waals surface area contributed by atoms with E-state index in [1.165, 1.54) is 25.7 Å². The average molecular weight is 459 g/mol. The van der Waals surface area contributed by atoms with Crippen LogP contribution in [0.1, 0.15) is 44.4 Å². The summed E-state index contributed by atoms with van der Waals surface area (Å²) in [6.45, 7) is 6.19. The van der Waals surface area contributed by atoms with Gasteiger partial charge in [-0.05, 0) is 66.2 Å². The monoisotopic (exact) mass is 459 g/mol. The number of alkyl halides is 2. The number of hydrogen-bond donors (Lipinski definition) is 0. The van der Waals surface area contributed by atoms with E-state index < -0.39 is 3.68 Å². The molecule has 2 aromatic heterocycles. The molecule has 2 aliphatic rings. The Balaban J connectivity index is 1.63. The Kier molecular flexibility index (Phi) is 4.26. The molecule has 130 valence electrons. The summed E-state index contributed by atoms with van der Waals surface area (Å²) in [5.41, 5.74) is 0.495. The van der Waals surface area contributed by atoms with Gasteiger partial charge in [0.2, 0.25) is 0 Å². The first kappa shape index (κ1) is 16.9. The zero-order chi connectivity index (χ0) is 16.9. The van der Waals surface area contributed by atoms with Crippen LogP contribution in [-0.2, 0) is 6.42 Å². The summed E-state index contributed by atoms with van der Waals surface area (Å²) in [7, 11) is 0. The van der Waals surface area contributed by atoms with E-state index in [4.69, 9.17) is 0 Å². The van der Waals surface area contributed by atoms with Gasteiger partial charge in [-0.2, -0.15) is 0 Å². The van der Waals surface area contributed by atoms with Crippen molar-refractivity contribution >= 4 is 50.0 Å². The summed E-state index contributed by atoms with van der Waals surface area (Å²) in [4.78, 5) is 13.5. The maximum Gasteiger partial charge on any atom is 0.163 e. The van der Waals surface area contributed by atoms with Gasteiger partial charge in [0.15, 0.2) is 3.68 Å². The van der Waals surface area contributed by atoms with Gasteiger partial charge in [0.05, 0.1) is 5.39 Å². The summed E-state index contributed by atoms with van der Waals surface area (Å²) in [6, 6.07) is 2.11. The highest BCUT2D eigenvalue weighted by Gasteiger charge is 2.43. The lowest BCUT2D eigenvalue weighted by Crippen LogP contribution is -2.26. The third-order valence-electron chi connectivity index (χ3n) is 5.53. The van der Waals surface area contributed by atoms with Gasteiger partial charge in [0.25, 0.3) is 0 Å². The van der Waals surface area contributed by atoms with Crippen LogP contribution in [-0.4, -0.2) is 26.7 Å². The van der Waals surface area contributed by atoms with Crippen LogP contribution >= 0.6 is 33.9 Å². The quantitative estimate of drug-likeness (QED) is 0.457. The van der Waals surface area contributed by atoms with Crippen molar-refractivity contribution in [1.82, 2.24) is 9.97 Å². The molecule has 0 bridgehead atoms. The Morgan fingerprint density at radius 3 is 3.00 bits per heavy atom. The molecule has 2 fully saturated rings. The lowest BCUT2D eigenvalue weighted by atomic mass is 9.85. The molecule has 24 heavy (non-hydrogen) atoms. The highest BCUT2D eigenvalue weighted by Crippen LogP contribution is 2.49. The van der Waals surface area contributed by atoms with Gasteiger partial charge in [-0.1, -0.05) is 13.3 Å². The minimum atomic E-state index is -1.22. The zero-order valence-corrected chi connectivity index (χ0v) is 17.2. The van der Waals surface area contributed by atoms with Crippen LogP contribution in [0.15, 0.2) is 12.4 Å². The second-order valence-electron chi connectivity index (χ2n) is 7.90. The van der Waals surface area contributed by atoms with E-state index in [1.54, 1.807) is 24.6 Å². The SMILES string of the molecule is C[C@@H]1CC[C@]2(CCN(c3ncnc4sc(CC(C)(F)I)cc34)C2)C1. The molecule has 1 saturated carbocycles. The van der Waals surface area contributed by atoms with Crippen molar-refractivity contribution in [3.8, 4) is 0 Å². The maximum absolute atomic E-state index is 14.0. The van der Waals surface area contributed by atoms with Gasteiger partial charge in [-0.25, -0.2) is 14.4 Å². The summed E-state index contributed by atoms with van der Waals surface area (Å²) >= 11 is 3.47. The molecule has 1 aliphatic heterocycles. The molecule has 1 unspecified atom stereocenters. The zero-order valence-electron chi connectivity index (χ0n) is 14.2. The number of nitrogens with zero attached hydrogens (tertiary/aromatic N) is 3. The van der Waals surface area contributed by atoms with Crippen LogP contribution in [0.3, 0.4) is 0 Å². The summed E-state index contributed by atoms with van der Waals surface area (Å²) in [6.07, 6.45) is 7.43. The van der Waals surface area contributed by atoms with Crippen molar-refractivity contribution < 1.29 is 4.39 Å². The predicted molar refractivity (Wildman–Crippen MR) is 107 cm³/mol. The topological polar surface area (TPSA) is 29.0 Å². The molecule has 1 aliphatic carbocycles. The molecule has 0 radical (unpaired) electrons. The largest absolute Gasteiger partial charge is 0.355 e. The Bertz CT molecular complexity index is 756. The second kappa shape index (κ2) is 6.04. The molecule has 6 heteroatoms. The van der Waals surface area contributed by atoms with E-state index in [0.29, 0.717) is 11.8 Å². The van der Waals surface area contributed by atoms with Crippen LogP contribution < -0.4 is 4.90 Å². The van der Waals surface area contributed by atoms with Crippen LogP contribution in [0.4, 0.5) is 10.2 Å². The van der Waals surface area contributed by atoms with Crippen molar-refractivity contribution in [1.29, 1.82) is 0 Å². The number of thiophene rings is 1. The lowest BCUT2D eigenvalue weighted by molar-refractivity contribution is 0.328. The van der Waals surface area contributed by atoms with E-state index in [9.17, 15) is 4.39 Å². The minimum absolute atomic E-state index is 0.426. The Morgan fingerprint density at radius 2 is 2.29 bits per heavy atom. The van der Waals surface area contributed by atoms with Crippen LogP contribution in [0.25, 0.3) is 10.2 Å². The summed E-state index contributed by atoms with van der Waals surface area (Å²) < 4.78 is 12.8. The predicted octanol–water partition coefficient (Wildman–Crippen LogP) is 5.37. The molecule has 1 spiro atoms. The number of fused-ring (bicyclic) bond motifs is 1. The van der Waals surface area contributed by atoms with Crippen molar-refractivity contribution in [3.63, 3.8) is 0 Å². The average Bonchev–Trinajstić information content (AvgIpc) is 3.16. The van der Waals surface area contributed by atoms with Crippen molar-refractivity contribution in [2.24, 2.45) is 11.3 Å². The Morgan fingerprint density at radius 1 is 1.46 bits per heavy atom. The molecule has 4 rings (SSSR count). The Labute approximate surface area is 160 Å². The van der Waals surface area contributed by atoms with Crippen LogP contribution in [0, 0.1) is 11.3 Å². The third-order valence-corrected chi connectivity index (χ3v) is 6.96. The molecule has 3 nitrogen and oxygen atoms in total. The minimum Gasteiger partial charge on any atom is -0.355 e. The van der Waals surface area contributed by atoms with Crippen molar-refractivity contribution in [3.05, 3.63) is 17.3 Å². The highest BCUT2D eigenvalue weighted by atomic mass is 127. The molecule has 0 N–H and O–H groups in total. The number of halogens is 2. The molecule has 1 saturated heterocycles. The third kappa shape index (κ3) is 3.28. The first-order valence-corrected chi connectivity index (χ1v) is 10.6. The first-order chi connectivity index (χ1) is 11.3. The normalized spacial score (nSPS) is 29.7. The molecule has 2 aromatic rings. The number of rotatable bonds is 3. The summed E-state index contributed by atoms with van der Waals surface area (Å²) in [5.74, 6) is 1.90. The fourth-order valence-electron chi connectivity index (χ4n) is 4.52. The van der Waals surface area contributed by atoms with Gasteiger partial charge in [0.1, 0.15) is 17.0 Å². The lowest BCUT2D eigenvalue weighted by Gasteiger charge is -2.24. The van der Waals surface area contributed by atoms with Crippen molar-refractivity contribution in [2.45, 2.75) is 49.6 Å². The fourth-order valence-corrected chi connectivity index (χ4v) is 6.32. The molecule has 0 aromatic carbocycles. The van der Waals surface area contributed by atoms with Crippen molar-refractivity contribution in [2.75, 3.05) is 18.0 Å². The van der Waals surface area contributed by atoms with Gasteiger partial charge >= 0.3 is 0 Å². The number of aromatic nitrogens is 2. The van der Waals surface area contributed by atoms with E-state index in [-0.39, 0.29) is 0 Å². The maximum atomic E-state index is 14.0. The molecule has 3 atom stereocenters. The van der Waals surface area contributed by atoms with E-state index >= 15 is 0 Å². The van der Waals surface area contributed by atoms with Gasteiger partial charge in [0, 0.05) is 24.4 Å². The van der Waals surface area contributed by atoms with Crippen LogP contribution in [0.5, 0.6) is 0 Å². The van der Waals surface area contributed by atoms with Gasteiger partial charge in [-0.15, -0.1) is 11.3 Å². The standard InChI is InChI=1S/C18H23FIN3S/c1-12-3-4-18(8-12)5-6-23(10-18)15-14-7-13(9-17(2,19)20)24-16(14)22-11-21-15/h7,11-12H,3-6,8-10H2,1-2H3/t12-,17?,18+/m1/s1. The van der Waals surface area contributed by atoms with Gasteiger partial charge in [-0.3, -0.25) is 0 Å². The van der Waals surface area contributed by atoms with E-state index in [0.717, 1.165) is 39.9 Å². The second-order valence-corrected chi connectivity index (χ2v) is 11.3. The molecule has 3 heterocycles. The smallest absolute Gasteiger partial charge is 0.163 e. The van der Waals surface area contributed by atoms with E-state index in [2.05, 4.69) is 27.9 Å². The molecular formula is C18H23FIN3S. The highest BCUT2D eigenvalue weighted by molar-refractivity contribution is 14.1.